The molecule has 1 atom stereocenters. The van der Waals surface area contributed by atoms with Crippen molar-refractivity contribution in [1.29, 1.82) is 0 Å². The summed E-state index contributed by atoms with van der Waals surface area (Å²) in [4.78, 5) is 25.5. The molecule has 17 heavy (non-hydrogen) atoms. The van der Waals surface area contributed by atoms with Gasteiger partial charge in [0, 0.05) is 31.0 Å². The van der Waals surface area contributed by atoms with Crippen molar-refractivity contribution in [2.24, 2.45) is 11.8 Å². The zero-order valence-electron chi connectivity index (χ0n) is 10.7. The van der Waals surface area contributed by atoms with Crippen LogP contribution in [0.3, 0.4) is 0 Å². The highest BCUT2D eigenvalue weighted by atomic mass is 16.2. The summed E-state index contributed by atoms with van der Waals surface area (Å²) < 4.78 is 0. The molecule has 0 radical (unpaired) electrons. The minimum atomic E-state index is 0.0198. The molecule has 1 saturated heterocycles. The first-order chi connectivity index (χ1) is 8.08. The molecular weight excluding hydrogens is 216 g/mol. The maximum absolute atomic E-state index is 12.0. The minimum absolute atomic E-state index is 0.0198. The van der Waals surface area contributed by atoms with E-state index in [1.54, 1.807) is 0 Å². The fraction of sp³-hybridized carbons (Fsp3) is 0.846. The Labute approximate surface area is 103 Å². The average Bonchev–Trinajstić information content (AvgIpc) is 2.63. The van der Waals surface area contributed by atoms with Gasteiger partial charge in [-0.05, 0) is 19.3 Å². The lowest BCUT2D eigenvalue weighted by Gasteiger charge is -2.29. The molecule has 2 aliphatic rings. The number of rotatable bonds is 3. The van der Waals surface area contributed by atoms with Crippen molar-refractivity contribution >= 4 is 11.8 Å². The highest BCUT2D eigenvalue weighted by Gasteiger charge is 2.34. The van der Waals surface area contributed by atoms with Gasteiger partial charge in [0.15, 0.2) is 0 Å². The quantitative estimate of drug-likeness (QED) is 0.802. The molecule has 2 amide bonds. The molecule has 96 valence electrons. The molecule has 4 heteroatoms. The summed E-state index contributed by atoms with van der Waals surface area (Å²) in [7, 11) is 0. The third kappa shape index (κ3) is 2.79. The summed E-state index contributed by atoms with van der Waals surface area (Å²) >= 11 is 0. The fourth-order valence-electron chi connectivity index (χ4n) is 2.36. The first kappa shape index (κ1) is 12.4. The third-order valence-corrected chi connectivity index (χ3v) is 3.83. The highest BCUT2D eigenvalue weighted by molar-refractivity contribution is 5.81. The van der Waals surface area contributed by atoms with Gasteiger partial charge in [-0.15, -0.1) is 0 Å². The molecule has 0 bridgehead atoms. The van der Waals surface area contributed by atoms with Crippen LogP contribution >= 0.6 is 0 Å². The van der Waals surface area contributed by atoms with Crippen molar-refractivity contribution < 1.29 is 9.59 Å². The Bertz CT molecular complexity index is 311. The maximum Gasteiger partial charge on any atom is 0.225 e. The molecule has 2 rings (SSSR count). The second-order valence-corrected chi connectivity index (χ2v) is 5.56. The molecular formula is C13H22N2O2. The molecule has 1 aliphatic heterocycles. The van der Waals surface area contributed by atoms with Gasteiger partial charge < -0.3 is 10.2 Å². The van der Waals surface area contributed by atoms with E-state index in [-0.39, 0.29) is 23.8 Å². The minimum Gasteiger partial charge on any atom is -0.351 e. The number of hydrogen-bond donors (Lipinski definition) is 1. The summed E-state index contributed by atoms with van der Waals surface area (Å²) in [6.45, 7) is 5.29. The summed E-state index contributed by atoms with van der Waals surface area (Å²) in [5, 5.41) is 3.01. The van der Waals surface area contributed by atoms with E-state index in [0.717, 1.165) is 25.8 Å². The Hall–Kier alpha value is -1.06. The van der Waals surface area contributed by atoms with Gasteiger partial charge in [0.05, 0.1) is 0 Å². The zero-order valence-corrected chi connectivity index (χ0v) is 10.7. The van der Waals surface area contributed by atoms with E-state index in [4.69, 9.17) is 0 Å². The van der Waals surface area contributed by atoms with Crippen molar-refractivity contribution in [2.75, 3.05) is 13.1 Å². The largest absolute Gasteiger partial charge is 0.351 e. The van der Waals surface area contributed by atoms with Gasteiger partial charge in [-0.25, -0.2) is 0 Å². The first-order valence-corrected chi connectivity index (χ1v) is 6.67. The number of amides is 2. The van der Waals surface area contributed by atoms with Crippen LogP contribution in [0.1, 0.15) is 39.5 Å². The van der Waals surface area contributed by atoms with Crippen LogP contribution in [0.2, 0.25) is 0 Å². The molecule has 1 saturated carbocycles. The Morgan fingerprint density at radius 2 is 1.94 bits per heavy atom. The number of carbonyl (C=O) groups excluding carboxylic acids is 2. The fourth-order valence-corrected chi connectivity index (χ4v) is 2.36. The van der Waals surface area contributed by atoms with Crippen molar-refractivity contribution in [3.8, 4) is 0 Å². The topological polar surface area (TPSA) is 49.4 Å². The van der Waals surface area contributed by atoms with E-state index >= 15 is 0 Å². The standard InChI is InChI=1S/C13H22N2O2/c1-9(2)12(16)14-11-6-7-15(8-11)13(17)10-4-3-5-10/h9-11H,3-8H2,1-2H3,(H,14,16)/t11-/m1/s1. The number of carbonyl (C=O) groups is 2. The van der Waals surface area contributed by atoms with Crippen LogP contribution in [0.5, 0.6) is 0 Å². The second kappa shape index (κ2) is 5.07. The second-order valence-electron chi connectivity index (χ2n) is 5.56. The summed E-state index contributed by atoms with van der Waals surface area (Å²) in [6, 6.07) is 0.161. The molecule has 0 unspecified atom stereocenters. The highest BCUT2D eigenvalue weighted by Crippen LogP contribution is 2.29. The van der Waals surface area contributed by atoms with E-state index in [9.17, 15) is 9.59 Å². The van der Waals surface area contributed by atoms with Crippen LogP contribution in [-0.4, -0.2) is 35.8 Å². The van der Waals surface area contributed by atoms with Crippen LogP contribution in [0.25, 0.3) is 0 Å². The summed E-state index contributed by atoms with van der Waals surface area (Å²) in [6.07, 6.45) is 4.20. The molecule has 1 N–H and O–H groups in total. The van der Waals surface area contributed by atoms with E-state index in [0.29, 0.717) is 12.5 Å². The van der Waals surface area contributed by atoms with Crippen LogP contribution < -0.4 is 5.32 Å². The van der Waals surface area contributed by atoms with Gasteiger partial charge in [-0.2, -0.15) is 0 Å². The molecule has 2 fully saturated rings. The van der Waals surface area contributed by atoms with Crippen molar-refractivity contribution in [3.05, 3.63) is 0 Å². The smallest absolute Gasteiger partial charge is 0.225 e. The Balaban J connectivity index is 1.78. The van der Waals surface area contributed by atoms with Gasteiger partial charge in [0.2, 0.25) is 11.8 Å². The normalized spacial score (nSPS) is 24.9. The van der Waals surface area contributed by atoms with E-state index in [1.165, 1.54) is 6.42 Å². The van der Waals surface area contributed by atoms with E-state index in [2.05, 4.69) is 5.32 Å². The molecule has 1 heterocycles. The number of hydrogen-bond acceptors (Lipinski definition) is 2. The van der Waals surface area contributed by atoms with Gasteiger partial charge in [0.1, 0.15) is 0 Å². The number of likely N-dealkylation sites (tertiary alicyclic amines) is 1. The Kier molecular flexibility index (Phi) is 3.69. The molecule has 0 aromatic heterocycles. The molecule has 1 aliphatic carbocycles. The zero-order chi connectivity index (χ0) is 12.4. The predicted octanol–water partition coefficient (Wildman–Crippen LogP) is 1.16. The number of nitrogens with zero attached hydrogens (tertiary/aromatic N) is 1. The van der Waals surface area contributed by atoms with Crippen LogP contribution in [-0.2, 0) is 9.59 Å². The summed E-state index contributed by atoms with van der Waals surface area (Å²) in [5.74, 6) is 0.687. The third-order valence-electron chi connectivity index (χ3n) is 3.83. The number of nitrogens with one attached hydrogen (secondary N) is 1. The van der Waals surface area contributed by atoms with Gasteiger partial charge >= 0.3 is 0 Å². The molecule has 0 aromatic rings. The van der Waals surface area contributed by atoms with Crippen molar-refractivity contribution in [1.82, 2.24) is 10.2 Å². The van der Waals surface area contributed by atoms with Gasteiger partial charge in [-0.1, -0.05) is 20.3 Å². The van der Waals surface area contributed by atoms with E-state index in [1.807, 2.05) is 18.7 Å². The van der Waals surface area contributed by atoms with Crippen LogP contribution in [0, 0.1) is 11.8 Å². The summed E-state index contributed by atoms with van der Waals surface area (Å²) in [5.41, 5.74) is 0. The van der Waals surface area contributed by atoms with Gasteiger partial charge in [-0.3, -0.25) is 9.59 Å². The lowest BCUT2D eigenvalue weighted by Crippen LogP contribution is -2.42. The monoisotopic (exact) mass is 238 g/mol. The van der Waals surface area contributed by atoms with Crippen molar-refractivity contribution in [3.63, 3.8) is 0 Å². The molecule has 4 nitrogen and oxygen atoms in total. The lowest BCUT2D eigenvalue weighted by molar-refractivity contribution is -0.137. The lowest BCUT2D eigenvalue weighted by atomic mass is 9.84. The first-order valence-electron chi connectivity index (χ1n) is 6.67. The Morgan fingerprint density at radius 1 is 1.24 bits per heavy atom. The average molecular weight is 238 g/mol. The van der Waals surface area contributed by atoms with E-state index < -0.39 is 0 Å². The maximum atomic E-state index is 12.0. The SMILES string of the molecule is CC(C)C(=O)N[C@@H]1CCN(C(=O)C2CCC2)C1. The van der Waals surface area contributed by atoms with Gasteiger partial charge in [0.25, 0.3) is 0 Å². The van der Waals surface area contributed by atoms with Crippen LogP contribution in [0.15, 0.2) is 0 Å². The van der Waals surface area contributed by atoms with Crippen LogP contribution in [0.4, 0.5) is 0 Å². The molecule has 0 spiro atoms. The predicted molar refractivity (Wildman–Crippen MR) is 65.3 cm³/mol. The molecule has 0 aromatic carbocycles. The van der Waals surface area contributed by atoms with Crippen molar-refractivity contribution in [2.45, 2.75) is 45.6 Å². The Morgan fingerprint density at radius 3 is 2.47 bits per heavy atom.